The summed E-state index contributed by atoms with van der Waals surface area (Å²) in [6.07, 6.45) is 10.1. The fourth-order valence-electron chi connectivity index (χ4n) is 3.27. The van der Waals surface area contributed by atoms with Crippen LogP contribution in [-0.2, 0) is 4.74 Å². The first-order chi connectivity index (χ1) is 9.05. The van der Waals surface area contributed by atoms with Crippen LogP contribution < -0.4 is 5.32 Å². The zero-order valence-corrected chi connectivity index (χ0v) is 12.7. The predicted octanol–water partition coefficient (Wildman–Crippen LogP) is 2.86. The Labute approximate surface area is 118 Å². The van der Waals surface area contributed by atoms with Gasteiger partial charge in [-0.25, -0.2) is 0 Å². The molecule has 0 aromatic rings. The van der Waals surface area contributed by atoms with Gasteiger partial charge in [-0.2, -0.15) is 0 Å². The van der Waals surface area contributed by atoms with Gasteiger partial charge in [-0.3, -0.25) is 0 Å². The van der Waals surface area contributed by atoms with Crippen LogP contribution in [0.25, 0.3) is 0 Å². The monoisotopic (exact) mass is 269 g/mol. The third-order valence-electron chi connectivity index (χ3n) is 4.81. The SMILES string of the molecule is CC1(C)CCC(NCC(O)COC2CCCC2)CC1. The van der Waals surface area contributed by atoms with E-state index in [2.05, 4.69) is 19.2 Å². The molecule has 0 heterocycles. The summed E-state index contributed by atoms with van der Waals surface area (Å²) in [5, 5.41) is 13.5. The summed E-state index contributed by atoms with van der Waals surface area (Å²) in [5.41, 5.74) is 0.516. The van der Waals surface area contributed by atoms with Crippen molar-refractivity contribution in [3.63, 3.8) is 0 Å². The van der Waals surface area contributed by atoms with Gasteiger partial charge < -0.3 is 15.2 Å². The molecule has 0 radical (unpaired) electrons. The Hall–Kier alpha value is -0.120. The van der Waals surface area contributed by atoms with Crippen molar-refractivity contribution in [2.45, 2.75) is 83.5 Å². The van der Waals surface area contributed by atoms with Gasteiger partial charge in [0, 0.05) is 12.6 Å². The molecule has 3 heteroatoms. The van der Waals surface area contributed by atoms with Gasteiger partial charge in [0.25, 0.3) is 0 Å². The van der Waals surface area contributed by atoms with Crippen molar-refractivity contribution in [1.82, 2.24) is 5.32 Å². The van der Waals surface area contributed by atoms with E-state index >= 15 is 0 Å². The van der Waals surface area contributed by atoms with Crippen LogP contribution in [0.3, 0.4) is 0 Å². The maximum atomic E-state index is 9.96. The van der Waals surface area contributed by atoms with Crippen molar-refractivity contribution in [1.29, 1.82) is 0 Å². The first kappa shape index (κ1) is 15.3. The number of aliphatic hydroxyl groups is 1. The maximum Gasteiger partial charge on any atom is 0.0897 e. The molecular formula is C16H31NO2. The Morgan fingerprint density at radius 2 is 1.79 bits per heavy atom. The number of aliphatic hydroxyl groups excluding tert-OH is 1. The van der Waals surface area contributed by atoms with Crippen molar-refractivity contribution >= 4 is 0 Å². The standard InChI is InChI=1S/C16H31NO2/c1-16(2)9-7-13(8-10-16)17-11-14(18)12-19-15-5-3-4-6-15/h13-15,17-18H,3-12H2,1-2H3. The van der Waals surface area contributed by atoms with Gasteiger partial charge in [0.2, 0.25) is 0 Å². The summed E-state index contributed by atoms with van der Waals surface area (Å²) >= 11 is 0. The van der Waals surface area contributed by atoms with Gasteiger partial charge in [0.1, 0.15) is 0 Å². The Morgan fingerprint density at radius 3 is 2.42 bits per heavy atom. The Morgan fingerprint density at radius 1 is 1.16 bits per heavy atom. The molecule has 2 aliphatic carbocycles. The van der Waals surface area contributed by atoms with Crippen molar-refractivity contribution in [2.24, 2.45) is 5.41 Å². The molecule has 2 fully saturated rings. The second-order valence-corrected chi connectivity index (χ2v) is 7.24. The fraction of sp³-hybridized carbons (Fsp3) is 1.00. The number of ether oxygens (including phenoxy) is 1. The molecule has 19 heavy (non-hydrogen) atoms. The molecule has 0 saturated heterocycles. The summed E-state index contributed by atoms with van der Waals surface area (Å²) in [7, 11) is 0. The van der Waals surface area contributed by atoms with E-state index in [1.807, 2.05) is 0 Å². The van der Waals surface area contributed by atoms with Crippen molar-refractivity contribution in [3.8, 4) is 0 Å². The zero-order chi connectivity index (χ0) is 13.7. The quantitative estimate of drug-likeness (QED) is 0.779. The third-order valence-corrected chi connectivity index (χ3v) is 4.81. The van der Waals surface area contributed by atoms with Crippen molar-refractivity contribution in [3.05, 3.63) is 0 Å². The number of nitrogens with one attached hydrogen (secondary N) is 1. The summed E-state index contributed by atoms with van der Waals surface area (Å²) < 4.78 is 5.75. The van der Waals surface area contributed by atoms with Crippen molar-refractivity contribution in [2.75, 3.05) is 13.2 Å². The highest BCUT2D eigenvalue weighted by molar-refractivity contribution is 4.82. The van der Waals surface area contributed by atoms with Crippen LogP contribution in [0.2, 0.25) is 0 Å². The van der Waals surface area contributed by atoms with E-state index < -0.39 is 0 Å². The van der Waals surface area contributed by atoms with Gasteiger partial charge in [-0.15, -0.1) is 0 Å². The van der Waals surface area contributed by atoms with Gasteiger partial charge >= 0.3 is 0 Å². The van der Waals surface area contributed by atoms with E-state index in [4.69, 9.17) is 4.74 Å². The average Bonchev–Trinajstić information content (AvgIpc) is 2.88. The van der Waals surface area contributed by atoms with Gasteiger partial charge in [0.15, 0.2) is 0 Å². The summed E-state index contributed by atoms with van der Waals surface area (Å²) in [6, 6.07) is 0.592. The molecule has 1 unspecified atom stereocenters. The lowest BCUT2D eigenvalue weighted by atomic mass is 9.75. The first-order valence-electron chi connectivity index (χ1n) is 8.08. The van der Waals surface area contributed by atoms with Crippen LogP contribution in [0.4, 0.5) is 0 Å². The van der Waals surface area contributed by atoms with Crippen LogP contribution in [0.5, 0.6) is 0 Å². The lowest BCUT2D eigenvalue weighted by Crippen LogP contribution is -2.41. The molecule has 0 aliphatic heterocycles. The summed E-state index contributed by atoms with van der Waals surface area (Å²) in [5.74, 6) is 0. The topological polar surface area (TPSA) is 41.5 Å². The second-order valence-electron chi connectivity index (χ2n) is 7.24. The van der Waals surface area contributed by atoms with E-state index in [0.29, 0.717) is 30.7 Å². The van der Waals surface area contributed by atoms with Crippen LogP contribution in [0, 0.1) is 5.41 Å². The molecule has 0 bridgehead atoms. The molecule has 2 N–H and O–H groups in total. The fourth-order valence-corrected chi connectivity index (χ4v) is 3.27. The van der Waals surface area contributed by atoms with Crippen LogP contribution >= 0.6 is 0 Å². The largest absolute Gasteiger partial charge is 0.389 e. The van der Waals surface area contributed by atoms with Crippen molar-refractivity contribution < 1.29 is 9.84 Å². The molecule has 0 spiro atoms. The molecule has 2 saturated carbocycles. The normalized spacial score (nSPS) is 26.7. The zero-order valence-electron chi connectivity index (χ0n) is 12.7. The highest BCUT2D eigenvalue weighted by Gasteiger charge is 2.26. The molecule has 0 aromatic carbocycles. The lowest BCUT2D eigenvalue weighted by Gasteiger charge is -2.35. The minimum atomic E-state index is -0.351. The molecule has 0 aromatic heterocycles. The minimum absolute atomic E-state index is 0.351. The van der Waals surface area contributed by atoms with E-state index in [9.17, 15) is 5.11 Å². The summed E-state index contributed by atoms with van der Waals surface area (Å²) in [4.78, 5) is 0. The molecule has 2 rings (SSSR count). The molecular weight excluding hydrogens is 238 g/mol. The van der Waals surface area contributed by atoms with E-state index in [-0.39, 0.29) is 6.10 Å². The van der Waals surface area contributed by atoms with E-state index in [0.717, 1.165) is 0 Å². The Bertz CT molecular complexity index is 251. The molecule has 3 nitrogen and oxygen atoms in total. The van der Waals surface area contributed by atoms with E-state index in [1.54, 1.807) is 0 Å². The number of hydrogen-bond donors (Lipinski definition) is 2. The van der Waals surface area contributed by atoms with Gasteiger partial charge in [-0.1, -0.05) is 26.7 Å². The Kier molecular flexibility index (Phi) is 5.67. The smallest absolute Gasteiger partial charge is 0.0897 e. The second kappa shape index (κ2) is 7.05. The number of rotatable bonds is 6. The first-order valence-corrected chi connectivity index (χ1v) is 8.08. The van der Waals surface area contributed by atoms with Crippen LogP contribution in [0.1, 0.15) is 65.2 Å². The minimum Gasteiger partial charge on any atom is -0.389 e. The van der Waals surface area contributed by atoms with Gasteiger partial charge in [-0.05, 0) is 43.9 Å². The average molecular weight is 269 g/mol. The molecule has 1 atom stereocenters. The van der Waals surface area contributed by atoms with Gasteiger partial charge in [0.05, 0.1) is 18.8 Å². The molecule has 0 amide bonds. The summed E-state index contributed by atoms with van der Waals surface area (Å²) in [6.45, 7) is 5.88. The highest BCUT2D eigenvalue weighted by atomic mass is 16.5. The third kappa shape index (κ3) is 5.41. The van der Waals surface area contributed by atoms with Crippen LogP contribution in [-0.4, -0.2) is 36.5 Å². The van der Waals surface area contributed by atoms with E-state index in [1.165, 1.54) is 51.4 Å². The lowest BCUT2D eigenvalue weighted by molar-refractivity contribution is -0.00696. The van der Waals surface area contributed by atoms with Crippen LogP contribution in [0.15, 0.2) is 0 Å². The maximum absolute atomic E-state index is 9.96. The predicted molar refractivity (Wildman–Crippen MR) is 78.3 cm³/mol. The Balaban J connectivity index is 1.54. The molecule has 2 aliphatic rings. The highest BCUT2D eigenvalue weighted by Crippen LogP contribution is 2.34. The molecule has 112 valence electrons. The number of hydrogen-bond acceptors (Lipinski definition) is 3.